The maximum Gasteiger partial charge on any atom is 0.413 e. The van der Waals surface area contributed by atoms with Gasteiger partial charge < -0.3 is 15.5 Å². The quantitative estimate of drug-likeness (QED) is 0.458. The highest BCUT2D eigenvalue weighted by Gasteiger charge is 2.34. The minimum atomic E-state index is -4.63. The lowest BCUT2D eigenvalue weighted by atomic mass is 10.1. The molecule has 0 amide bonds. The molecule has 1 heterocycles. The lowest BCUT2D eigenvalue weighted by molar-refractivity contribution is -0.133. The number of hydrogen-bond acceptors (Lipinski definition) is 6. The third-order valence-corrected chi connectivity index (χ3v) is 4.58. The van der Waals surface area contributed by atoms with Crippen LogP contribution in [0, 0.1) is 0 Å². The predicted octanol–water partition coefficient (Wildman–Crippen LogP) is 4.67. The number of benzene rings is 1. The molecule has 158 valence electrons. The molecule has 0 saturated carbocycles. The Morgan fingerprint density at radius 1 is 1.38 bits per heavy atom. The zero-order valence-corrected chi connectivity index (χ0v) is 16.9. The van der Waals surface area contributed by atoms with Crippen molar-refractivity contribution in [2.45, 2.75) is 33.0 Å². The van der Waals surface area contributed by atoms with Crippen LogP contribution < -0.4 is 5.32 Å². The Morgan fingerprint density at radius 3 is 2.55 bits per heavy atom. The third-order valence-electron chi connectivity index (χ3n) is 3.54. The average Bonchev–Trinajstić information content (AvgIpc) is 3.12. The molecule has 10 heteroatoms. The van der Waals surface area contributed by atoms with E-state index in [0.29, 0.717) is 19.7 Å². The summed E-state index contributed by atoms with van der Waals surface area (Å²) in [5, 5.41) is 24.1. The molecule has 2 aromatic rings. The molecule has 0 aliphatic carbocycles. The number of aromatic hydroxyl groups is 1. The normalized spacial score (nSPS) is 12.2. The van der Waals surface area contributed by atoms with Gasteiger partial charge in [-0.15, -0.1) is 11.3 Å². The number of nitrogens with zero attached hydrogens (tertiary/aromatic N) is 2. The van der Waals surface area contributed by atoms with E-state index in [4.69, 9.17) is 5.11 Å². The van der Waals surface area contributed by atoms with E-state index in [1.165, 1.54) is 7.05 Å². The Balaban J connectivity index is 0.000000298. The molecule has 1 aromatic heterocycles. The first-order valence-corrected chi connectivity index (χ1v) is 9.36. The number of carboxylic acid groups (broad SMARTS) is 1. The number of aryl methyl sites for hydroxylation is 1. The zero-order chi connectivity index (χ0) is 22.0. The molecule has 3 N–H and O–H groups in total. The van der Waals surface area contributed by atoms with Crippen LogP contribution in [-0.2, 0) is 17.8 Å². The van der Waals surface area contributed by atoms with Crippen molar-refractivity contribution >= 4 is 29.2 Å². The van der Waals surface area contributed by atoms with Crippen LogP contribution >= 0.6 is 11.3 Å². The summed E-state index contributed by atoms with van der Waals surface area (Å²) in [5.41, 5.74) is -0.0446. The molecule has 0 spiro atoms. The predicted molar refractivity (Wildman–Crippen MR) is 108 cm³/mol. The first-order valence-electron chi connectivity index (χ1n) is 8.48. The van der Waals surface area contributed by atoms with Gasteiger partial charge in [0.05, 0.1) is 22.8 Å². The van der Waals surface area contributed by atoms with E-state index in [9.17, 15) is 23.1 Å². The van der Waals surface area contributed by atoms with Gasteiger partial charge in [0.25, 0.3) is 0 Å². The van der Waals surface area contributed by atoms with Gasteiger partial charge in [0.1, 0.15) is 5.75 Å². The minimum Gasteiger partial charge on any atom is -0.508 e. The van der Waals surface area contributed by atoms with Gasteiger partial charge >= 0.3 is 12.1 Å². The van der Waals surface area contributed by atoms with Crippen LogP contribution in [0.25, 0.3) is 0 Å². The number of alkyl halides is 3. The zero-order valence-electron chi connectivity index (χ0n) is 16.1. The summed E-state index contributed by atoms with van der Waals surface area (Å²) in [6.07, 6.45) is -2.98. The number of carboxylic acids is 1. The molecule has 0 unspecified atom stereocenters. The average molecular weight is 429 g/mol. The summed E-state index contributed by atoms with van der Waals surface area (Å²) >= 11 is 1.69. The number of nitrogens with one attached hydrogen (secondary N) is 1. The van der Waals surface area contributed by atoms with E-state index < -0.39 is 23.3 Å². The maximum atomic E-state index is 12.0. The number of phenols is 1. The van der Waals surface area contributed by atoms with Gasteiger partial charge in [-0.3, -0.25) is 4.99 Å². The van der Waals surface area contributed by atoms with Gasteiger partial charge in [-0.05, 0) is 25.5 Å². The molecule has 0 aliphatic rings. The number of allylic oxidation sites excluding steroid dienone is 1. The molecular formula is C19H22F3N3O3S. The summed E-state index contributed by atoms with van der Waals surface area (Å²) in [6.45, 7) is 3.50. The lowest BCUT2D eigenvalue weighted by Gasteiger charge is -2.07. The van der Waals surface area contributed by atoms with Gasteiger partial charge in [0.15, 0.2) is 0 Å². The van der Waals surface area contributed by atoms with Gasteiger partial charge in [-0.1, -0.05) is 13.0 Å². The van der Waals surface area contributed by atoms with Crippen LogP contribution in [0.2, 0.25) is 0 Å². The van der Waals surface area contributed by atoms with Crippen LogP contribution in [0.5, 0.6) is 5.75 Å². The van der Waals surface area contributed by atoms with E-state index in [2.05, 4.69) is 27.6 Å². The number of carbonyl (C=O) groups is 1. The van der Waals surface area contributed by atoms with Crippen molar-refractivity contribution in [2.24, 2.45) is 4.99 Å². The first-order chi connectivity index (χ1) is 13.6. The van der Waals surface area contributed by atoms with Crippen molar-refractivity contribution in [1.29, 1.82) is 0 Å². The van der Waals surface area contributed by atoms with Gasteiger partial charge in [-0.2, -0.15) is 13.2 Å². The number of aliphatic imine (C=N–C) groups is 1. The Morgan fingerprint density at radius 2 is 2.07 bits per heavy atom. The number of anilines is 1. The van der Waals surface area contributed by atoms with Crippen LogP contribution in [-0.4, -0.2) is 40.6 Å². The molecule has 0 saturated heterocycles. The number of aliphatic carboxylic acids is 1. The molecule has 6 nitrogen and oxygen atoms in total. The molecule has 0 bridgehead atoms. The summed E-state index contributed by atoms with van der Waals surface area (Å²) in [7, 11) is 1.20. The Hall–Kier alpha value is -2.88. The van der Waals surface area contributed by atoms with Gasteiger partial charge in [-0.25, -0.2) is 9.78 Å². The number of hydrogen-bond donors (Lipinski definition) is 3. The molecule has 0 aliphatic heterocycles. The van der Waals surface area contributed by atoms with Crippen LogP contribution in [0.1, 0.15) is 24.5 Å². The molecule has 0 radical (unpaired) electrons. The monoisotopic (exact) mass is 429 g/mol. The minimum absolute atomic E-state index is 0.275. The Bertz CT molecular complexity index is 877. The third kappa shape index (κ3) is 8.34. The molecule has 0 fully saturated rings. The van der Waals surface area contributed by atoms with Gasteiger partial charge in [0.2, 0.25) is 0 Å². The number of phenolic OH excluding ortho intramolecular Hbond substituents is 1. The summed E-state index contributed by atoms with van der Waals surface area (Å²) in [6, 6.07) is 7.10. The topological polar surface area (TPSA) is 94.8 Å². The maximum absolute atomic E-state index is 12.0. The van der Waals surface area contributed by atoms with E-state index in [0.717, 1.165) is 22.8 Å². The lowest BCUT2D eigenvalue weighted by Crippen LogP contribution is -2.16. The second-order valence-electron chi connectivity index (χ2n) is 5.72. The second kappa shape index (κ2) is 11.2. The van der Waals surface area contributed by atoms with Crippen molar-refractivity contribution < 1.29 is 28.2 Å². The number of thiazole rings is 1. The second-order valence-corrected chi connectivity index (χ2v) is 6.66. The number of rotatable bonds is 6. The van der Waals surface area contributed by atoms with E-state index in [1.54, 1.807) is 23.5 Å². The fourth-order valence-electron chi connectivity index (χ4n) is 2.00. The van der Waals surface area contributed by atoms with Crippen LogP contribution in [0.15, 0.2) is 45.8 Å². The highest BCUT2D eigenvalue weighted by atomic mass is 32.1. The molecule has 0 atom stereocenters. The SMILES string of the molecule is CCc1nc(CNc2cccc(O)c2)cs1.CN=C/C(C(=O)O)=C(\C)C(F)(F)F. The molecule has 2 rings (SSSR count). The van der Waals surface area contributed by atoms with Crippen molar-refractivity contribution in [3.8, 4) is 5.75 Å². The van der Waals surface area contributed by atoms with Gasteiger partial charge in [0, 0.05) is 36.0 Å². The van der Waals surface area contributed by atoms with E-state index in [-0.39, 0.29) is 5.75 Å². The van der Waals surface area contributed by atoms with Crippen molar-refractivity contribution in [1.82, 2.24) is 4.98 Å². The highest BCUT2D eigenvalue weighted by Crippen LogP contribution is 2.27. The highest BCUT2D eigenvalue weighted by molar-refractivity contribution is 7.09. The Kier molecular flexibility index (Phi) is 9.33. The standard InChI is InChI=1S/C12H14N2OS.C7H8F3NO2/c1-2-12-14-10(8-16-12)7-13-9-4-3-5-11(15)6-9;1-4(7(8,9)10)5(3-11-2)6(12)13/h3-6,8,13,15H,2,7H2,1H3;3H,1-2H3,(H,12,13)/b;5-4-,11-3?. The first kappa shape index (κ1) is 24.2. The smallest absolute Gasteiger partial charge is 0.413 e. The van der Waals surface area contributed by atoms with Crippen molar-refractivity contribution in [3.63, 3.8) is 0 Å². The van der Waals surface area contributed by atoms with E-state index >= 15 is 0 Å². The molecular weight excluding hydrogens is 407 g/mol. The summed E-state index contributed by atoms with van der Waals surface area (Å²) < 4.78 is 36.0. The van der Waals surface area contributed by atoms with Crippen molar-refractivity contribution in [2.75, 3.05) is 12.4 Å². The van der Waals surface area contributed by atoms with E-state index in [1.807, 2.05) is 12.1 Å². The Labute approximate surface area is 170 Å². The number of aromatic nitrogens is 1. The van der Waals surface area contributed by atoms with Crippen molar-refractivity contribution in [3.05, 3.63) is 51.5 Å². The molecule has 29 heavy (non-hydrogen) atoms. The largest absolute Gasteiger partial charge is 0.508 e. The molecule has 1 aromatic carbocycles. The van der Waals surface area contributed by atoms with Crippen LogP contribution in [0.3, 0.4) is 0 Å². The summed E-state index contributed by atoms with van der Waals surface area (Å²) in [4.78, 5) is 18.0. The van der Waals surface area contributed by atoms with Crippen LogP contribution in [0.4, 0.5) is 18.9 Å². The number of halogens is 3. The fourth-order valence-corrected chi connectivity index (χ4v) is 2.74. The fraction of sp³-hybridized carbons (Fsp3) is 0.316. The summed E-state index contributed by atoms with van der Waals surface area (Å²) in [5.74, 6) is -1.36.